The Labute approximate surface area is 102 Å². The third-order valence-electron chi connectivity index (χ3n) is 2.91. The van der Waals surface area contributed by atoms with Crippen LogP contribution in [0, 0.1) is 0 Å². The Kier molecular flexibility index (Phi) is 3.79. The number of hydrogen-bond acceptors (Lipinski definition) is 3. The Hall–Kier alpha value is -1.35. The number of rotatable bonds is 4. The second kappa shape index (κ2) is 5.32. The van der Waals surface area contributed by atoms with Crippen LogP contribution in [0.2, 0.25) is 0 Å². The van der Waals surface area contributed by atoms with E-state index in [0.717, 1.165) is 30.6 Å². The summed E-state index contributed by atoms with van der Waals surface area (Å²) in [6, 6.07) is 5.87. The van der Waals surface area contributed by atoms with Crippen LogP contribution in [0.3, 0.4) is 0 Å². The Morgan fingerprint density at radius 3 is 3.06 bits per heavy atom. The molecule has 0 fully saturated rings. The first-order chi connectivity index (χ1) is 8.16. The fourth-order valence-corrected chi connectivity index (χ4v) is 1.97. The van der Waals surface area contributed by atoms with E-state index in [0.29, 0.717) is 0 Å². The fraction of sp³-hybridized carbons (Fsp3) is 0.500. The molecule has 0 aliphatic carbocycles. The molecule has 3 nitrogen and oxygen atoms in total. The smallest absolute Gasteiger partial charge is 0.188 e. The molecular formula is C14H19NO2. The van der Waals surface area contributed by atoms with Gasteiger partial charge in [-0.15, -0.1) is 0 Å². The van der Waals surface area contributed by atoms with Crippen LogP contribution in [-0.4, -0.2) is 25.0 Å². The third-order valence-corrected chi connectivity index (χ3v) is 2.91. The number of Topliss-reactive ketones (excluding diaryl/α,β-unsaturated/α-hetero) is 1. The van der Waals surface area contributed by atoms with Crippen molar-refractivity contribution in [3.63, 3.8) is 0 Å². The SMILES string of the molecule is CC(C)OCC(=O)c1ccc2c(c1)CCCN2. The van der Waals surface area contributed by atoms with Gasteiger partial charge in [-0.2, -0.15) is 0 Å². The van der Waals surface area contributed by atoms with E-state index in [1.54, 1.807) is 0 Å². The molecule has 3 heteroatoms. The van der Waals surface area contributed by atoms with Crippen LogP contribution in [0.1, 0.15) is 36.2 Å². The molecule has 17 heavy (non-hydrogen) atoms. The number of hydrogen-bond donors (Lipinski definition) is 1. The quantitative estimate of drug-likeness (QED) is 0.812. The highest BCUT2D eigenvalue weighted by atomic mass is 16.5. The minimum atomic E-state index is 0.0621. The molecule has 0 aromatic heterocycles. The third kappa shape index (κ3) is 3.07. The summed E-state index contributed by atoms with van der Waals surface area (Å²) in [5.41, 5.74) is 3.16. The zero-order valence-electron chi connectivity index (χ0n) is 10.5. The van der Waals surface area contributed by atoms with Crippen LogP contribution in [0.15, 0.2) is 18.2 Å². The normalized spacial score (nSPS) is 14.3. The highest BCUT2D eigenvalue weighted by Gasteiger charge is 2.12. The number of ether oxygens (including phenoxy) is 1. The lowest BCUT2D eigenvalue weighted by Gasteiger charge is -2.18. The van der Waals surface area contributed by atoms with E-state index in [4.69, 9.17) is 4.74 Å². The summed E-state index contributed by atoms with van der Waals surface area (Å²) in [4.78, 5) is 11.9. The second-order valence-electron chi connectivity index (χ2n) is 4.69. The molecule has 1 aliphatic heterocycles. The van der Waals surface area contributed by atoms with Gasteiger partial charge in [-0.3, -0.25) is 4.79 Å². The minimum absolute atomic E-state index is 0.0621. The predicted molar refractivity (Wildman–Crippen MR) is 68.7 cm³/mol. The molecule has 0 bridgehead atoms. The fourth-order valence-electron chi connectivity index (χ4n) is 1.97. The maximum absolute atomic E-state index is 11.9. The van der Waals surface area contributed by atoms with E-state index in [1.165, 1.54) is 5.56 Å². The number of carbonyl (C=O) groups excluding carboxylic acids is 1. The van der Waals surface area contributed by atoms with E-state index in [-0.39, 0.29) is 18.5 Å². The van der Waals surface area contributed by atoms with Gasteiger partial charge in [-0.1, -0.05) is 0 Å². The number of aryl methyl sites for hydroxylation is 1. The van der Waals surface area contributed by atoms with Crippen molar-refractivity contribution in [3.8, 4) is 0 Å². The van der Waals surface area contributed by atoms with Gasteiger partial charge in [-0.25, -0.2) is 0 Å². The Morgan fingerprint density at radius 1 is 1.47 bits per heavy atom. The molecule has 1 aromatic rings. The summed E-state index contributed by atoms with van der Waals surface area (Å²) in [5.74, 6) is 0.0621. The number of fused-ring (bicyclic) bond motifs is 1. The monoisotopic (exact) mass is 233 g/mol. The minimum Gasteiger partial charge on any atom is -0.385 e. The van der Waals surface area contributed by atoms with Crippen molar-refractivity contribution >= 4 is 11.5 Å². The zero-order chi connectivity index (χ0) is 12.3. The number of nitrogens with one attached hydrogen (secondary N) is 1. The maximum atomic E-state index is 11.9. The molecular weight excluding hydrogens is 214 g/mol. The van der Waals surface area contributed by atoms with Gasteiger partial charge in [0.05, 0.1) is 6.10 Å². The lowest BCUT2D eigenvalue weighted by atomic mass is 9.99. The Balaban J connectivity index is 2.08. The molecule has 0 saturated heterocycles. The van der Waals surface area contributed by atoms with Gasteiger partial charge in [0.15, 0.2) is 5.78 Å². The largest absolute Gasteiger partial charge is 0.385 e. The Morgan fingerprint density at radius 2 is 2.29 bits per heavy atom. The predicted octanol–water partition coefficient (Wildman–Crippen LogP) is 2.65. The average molecular weight is 233 g/mol. The van der Waals surface area contributed by atoms with Gasteiger partial charge in [0, 0.05) is 17.8 Å². The van der Waals surface area contributed by atoms with Crippen molar-refractivity contribution in [2.24, 2.45) is 0 Å². The van der Waals surface area contributed by atoms with Crippen molar-refractivity contribution in [3.05, 3.63) is 29.3 Å². The number of ketones is 1. The summed E-state index contributed by atoms with van der Waals surface area (Å²) in [6.45, 7) is 5.06. The van der Waals surface area contributed by atoms with Gasteiger partial charge in [0.25, 0.3) is 0 Å². The lowest BCUT2D eigenvalue weighted by molar-refractivity contribution is 0.0585. The van der Waals surface area contributed by atoms with Crippen molar-refractivity contribution in [2.45, 2.75) is 32.8 Å². The molecule has 0 saturated carbocycles. The van der Waals surface area contributed by atoms with E-state index in [2.05, 4.69) is 5.32 Å². The summed E-state index contributed by atoms with van der Waals surface area (Å²) >= 11 is 0. The molecule has 0 atom stereocenters. The highest BCUT2D eigenvalue weighted by molar-refractivity contribution is 5.97. The average Bonchev–Trinajstić information content (AvgIpc) is 2.35. The van der Waals surface area contributed by atoms with Crippen LogP contribution < -0.4 is 5.32 Å². The maximum Gasteiger partial charge on any atom is 0.188 e. The molecule has 1 aliphatic rings. The van der Waals surface area contributed by atoms with Gasteiger partial charge < -0.3 is 10.1 Å². The number of anilines is 1. The molecule has 0 spiro atoms. The van der Waals surface area contributed by atoms with E-state index in [1.807, 2.05) is 32.0 Å². The Bertz CT molecular complexity index is 413. The van der Waals surface area contributed by atoms with Gasteiger partial charge in [-0.05, 0) is 50.5 Å². The van der Waals surface area contributed by atoms with Crippen LogP contribution in [0.5, 0.6) is 0 Å². The van der Waals surface area contributed by atoms with Gasteiger partial charge in [0.2, 0.25) is 0 Å². The van der Waals surface area contributed by atoms with Crippen molar-refractivity contribution < 1.29 is 9.53 Å². The van der Waals surface area contributed by atoms with Crippen LogP contribution >= 0.6 is 0 Å². The van der Waals surface area contributed by atoms with E-state index in [9.17, 15) is 4.79 Å². The van der Waals surface area contributed by atoms with Crippen LogP contribution in [-0.2, 0) is 11.2 Å². The molecule has 0 unspecified atom stereocenters. The van der Waals surface area contributed by atoms with E-state index < -0.39 is 0 Å². The molecule has 2 rings (SSSR count). The van der Waals surface area contributed by atoms with Crippen LogP contribution in [0.25, 0.3) is 0 Å². The molecule has 0 radical (unpaired) electrons. The molecule has 92 valence electrons. The van der Waals surface area contributed by atoms with E-state index >= 15 is 0 Å². The standard InChI is InChI=1S/C14H19NO2/c1-10(2)17-9-14(16)12-5-6-13-11(8-12)4-3-7-15-13/h5-6,8,10,15H,3-4,7,9H2,1-2H3. The first kappa shape index (κ1) is 12.1. The summed E-state index contributed by atoms with van der Waals surface area (Å²) < 4.78 is 5.34. The number of benzene rings is 1. The second-order valence-corrected chi connectivity index (χ2v) is 4.69. The van der Waals surface area contributed by atoms with Crippen molar-refractivity contribution in [1.29, 1.82) is 0 Å². The van der Waals surface area contributed by atoms with Crippen molar-refractivity contribution in [1.82, 2.24) is 0 Å². The molecule has 1 aromatic carbocycles. The molecule has 1 N–H and O–H groups in total. The topological polar surface area (TPSA) is 38.3 Å². The molecule has 1 heterocycles. The van der Waals surface area contributed by atoms with Gasteiger partial charge >= 0.3 is 0 Å². The highest BCUT2D eigenvalue weighted by Crippen LogP contribution is 2.23. The summed E-state index contributed by atoms with van der Waals surface area (Å²) in [7, 11) is 0. The lowest BCUT2D eigenvalue weighted by Crippen LogP contribution is -2.16. The zero-order valence-corrected chi connectivity index (χ0v) is 10.5. The summed E-state index contributed by atoms with van der Waals surface area (Å²) in [5, 5.41) is 3.34. The first-order valence-electron chi connectivity index (χ1n) is 6.18. The van der Waals surface area contributed by atoms with Gasteiger partial charge in [0.1, 0.15) is 6.61 Å². The summed E-state index contributed by atoms with van der Waals surface area (Å²) in [6.07, 6.45) is 2.28. The van der Waals surface area contributed by atoms with Crippen molar-refractivity contribution in [2.75, 3.05) is 18.5 Å². The first-order valence-corrected chi connectivity index (χ1v) is 6.18. The molecule has 0 amide bonds. The van der Waals surface area contributed by atoms with Crippen LogP contribution in [0.4, 0.5) is 5.69 Å². The number of carbonyl (C=O) groups is 1.